The molecule has 16 nitrogen and oxygen atoms in total. The maximum atomic E-state index is 8.58. The second kappa shape index (κ2) is 43.8. The first-order chi connectivity index (χ1) is 60.6. The third-order valence-corrected chi connectivity index (χ3v) is 211. The summed E-state index contributed by atoms with van der Waals surface area (Å²) in [7, 11) is 48.8. The van der Waals surface area contributed by atoms with Gasteiger partial charge >= 0.3 is 7.12 Å². The molecule has 20 rings (SSSR count). The molecule has 18 atom stereocenters. The van der Waals surface area contributed by atoms with Gasteiger partial charge in [-0.2, -0.15) is 0 Å². The number of halogens is 1. The van der Waals surface area contributed by atoms with Gasteiger partial charge in [-0.3, -0.25) is 18.3 Å². The Balaban J connectivity index is 0.000000129. The first kappa shape index (κ1) is 96.7. The Labute approximate surface area is 782 Å². The van der Waals surface area contributed by atoms with Crippen molar-refractivity contribution in [2.45, 2.75) is 0 Å². The van der Waals surface area contributed by atoms with E-state index in [1.807, 2.05) is 104 Å². The number of rotatable bonds is 19. The molecular weight excluding hydrogens is 2150 g/mol. The van der Waals surface area contributed by atoms with E-state index >= 15 is 0 Å². The molecule has 47 heteroatoms. The molecule has 12 heterocycles. The average molecular weight is 2230 g/mol. The number of benzene rings is 8. The Morgan fingerprint density at radius 1 is 0.288 bits per heavy atom. The van der Waals surface area contributed by atoms with Gasteiger partial charge in [0.1, 0.15) is 45.3 Å². The Morgan fingerprint density at radius 2 is 0.616 bits per heavy atom. The fourth-order valence-electron chi connectivity index (χ4n) is 15.0. The van der Waals surface area contributed by atoms with Gasteiger partial charge in [-0.1, -0.05) is 154 Å². The van der Waals surface area contributed by atoms with Crippen LogP contribution in [0.15, 0.2) is 284 Å². The lowest BCUT2D eigenvalue weighted by atomic mass is 9.81. The lowest BCUT2D eigenvalue weighted by Crippen LogP contribution is -2.29. The van der Waals surface area contributed by atoms with Gasteiger partial charge in [0.2, 0.25) is 0 Å². The molecule has 18 unspecified atom stereocenters. The van der Waals surface area contributed by atoms with Crippen LogP contribution in [0.25, 0.3) is 166 Å². The van der Waals surface area contributed by atoms with Crippen molar-refractivity contribution in [3.63, 3.8) is 0 Å². The van der Waals surface area contributed by atoms with E-state index in [0.717, 1.165) is 168 Å². The first-order valence-corrected chi connectivity index (χ1v) is 90.7. The lowest BCUT2D eigenvalue weighted by molar-refractivity contribution is 0.426. The third kappa shape index (κ3) is 20.2. The van der Waals surface area contributed by atoms with Crippen LogP contribution in [0.1, 0.15) is 0 Å². The highest BCUT2D eigenvalue weighted by Gasteiger charge is 2.50. The van der Waals surface area contributed by atoms with Crippen LogP contribution >= 0.6 is 249 Å². The smallest absolute Gasteiger partial charge is 0.423 e. The third-order valence-electron chi connectivity index (χ3n) is 20.1. The molecule has 0 aliphatic heterocycles. The summed E-state index contributed by atoms with van der Waals surface area (Å²) >= 11 is 3.61. The Morgan fingerprint density at radius 3 is 0.984 bits per heavy atom. The second-order valence-corrected chi connectivity index (χ2v) is 143. The van der Waals surface area contributed by atoms with E-state index in [1.54, 1.807) is 24.3 Å². The zero-order valence-electron chi connectivity index (χ0n) is 65.6. The van der Waals surface area contributed by atoms with Gasteiger partial charge < -0.3 is 10.0 Å². The number of para-hydroxylation sites is 4. The minimum absolute atomic E-state index is 0.0147. The van der Waals surface area contributed by atoms with Gasteiger partial charge in [-0.15, -0.1) is 134 Å². The van der Waals surface area contributed by atoms with Crippen LogP contribution in [0.2, 0.25) is 0 Å². The maximum absolute atomic E-state index is 8.58. The standard InChI is InChI=1S/C39H23N7.C33H18BrN7.C6H7BO2.H31P29/c1-2-10-25(11-3-1)36-43-35-30(39(44-36)46-32-17-7-5-13-27(32)29-15-9-23-41-38(29)46)20-18-24-19-21-33(42-34(24)35)45-31-16-6-4-12-26(31)28-14-8-22-40-37(28)45;34-33-38-29-24(32(39-33)41-26-12-4-2-8-21(26)23-10-6-18-36-31(23)41)15-13-19-14-16-27(37-28(19)29)40-25-11-3-1-7-20(25)22-9-5-17-35-30(22)40;8-7(9)6-4-2-1-3-5-6;1-16-24(17(2)3)28(25(18(4)5)19(6)7)29(26(20(8)9)21(10)11)27(22(12)13)23(14)15/h1-23H;1-18H;1-5,8-9H;16H,1-15H2. The first-order valence-electron chi connectivity index (χ1n) is 37.7. The molecule has 125 heavy (non-hydrogen) atoms. The van der Waals surface area contributed by atoms with Crippen molar-refractivity contribution < 1.29 is 10.0 Å². The summed E-state index contributed by atoms with van der Waals surface area (Å²) in [5, 5.41) is 29.8. The number of hydrogen-bond donors (Lipinski definition) is 2. The Hall–Kier alpha value is -0.00506. The van der Waals surface area contributed by atoms with Crippen LogP contribution in [0.5, 0.6) is 0 Å². The molecule has 8 aromatic carbocycles. The molecule has 0 spiro atoms. The number of nitrogens with zero attached hydrogens (tertiary/aromatic N) is 14. The zero-order valence-corrected chi connectivity index (χ0v) is 97.2. The number of hydrogen-bond acceptors (Lipinski definition) is 12. The number of pyridine rings is 6. The van der Waals surface area contributed by atoms with Crippen LogP contribution < -0.4 is 5.46 Å². The minimum atomic E-state index is -1.34. The SMILES string of the molecule is Brc1nc(-n2c3ccccc3c3cccnc32)c2ccc3ccc(-n4c5ccccc5c5cccnc54)nc3c2n1.OB(O)c1ccccc1.PPP(P(P)P)P(P(P(P)P)P(P)P)P(P(P(P)P)P(P)P)P(P(P)P)P(P)P.c1ccc(-c2nc(-n3c4ccccc4c4cccnc43)c3ccc4ccc(-n5c6ccccc6c6cccnc65)nc4c3n2)cc1. The quantitative estimate of drug-likeness (QED) is 0.0338. The molecule has 12 aromatic heterocycles. The predicted octanol–water partition coefficient (Wildman–Crippen LogP) is 32.8. The van der Waals surface area contributed by atoms with Crippen molar-refractivity contribution in [2.24, 2.45) is 0 Å². The summed E-state index contributed by atoms with van der Waals surface area (Å²) < 4.78 is 9.02. The summed E-state index contributed by atoms with van der Waals surface area (Å²) in [6, 6.07) is 85.2. The molecule has 0 bridgehead atoms. The fraction of sp³-hybridized carbons (Fsp3) is 0. The fourth-order valence-corrected chi connectivity index (χ4v) is 393. The normalized spacial score (nSPS) is 12.8. The van der Waals surface area contributed by atoms with E-state index in [1.165, 1.54) is 0 Å². The lowest BCUT2D eigenvalue weighted by Gasteiger charge is -2.51. The summed E-state index contributed by atoms with van der Waals surface area (Å²) in [5.74, 6) is 3.71. The molecule has 0 amide bonds. The van der Waals surface area contributed by atoms with E-state index in [0.29, 0.717) is 16.0 Å². The van der Waals surface area contributed by atoms with Crippen molar-refractivity contribution in [1.82, 2.24) is 68.1 Å². The van der Waals surface area contributed by atoms with Crippen LogP contribution in [-0.4, -0.2) is 85.3 Å². The highest BCUT2D eigenvalue weighted by atomic mass is 79.9. The van der Waals surface area contributed by atoms with Gasteiger partial charge in [0.15, 0.2) is 22.2 Å². The molecule has 0 saturated carbocycles. The van der Waals surface area contributed by atoms with Crippen molar-refractivity contribution in [3.05, 3.63) is 284 Å². The molecule has 0 radical (unpaired) electrons. The van der Waals surface area contributed by atoms with Crippen molar-refractivity contribution in [2.75, 3.05) is 0 Å². The van der Waals surface area contributed by atoms with E-state index in [2.05, 4.69) is 320 Å². The highest BCUT2D eigenvalue weighted by Crippen LogP contribution is 3.37. The van der Waals surface area contributed by atoms with Gasteiger partial charge in [0.25, 0.3) is 0 Å². The molecule has 0 aliphatic carbocycles. The zero-order chi connectivity index (χ0) is 87.2. The van der Waals surface area contributed by atoms with Crippen molar-refractivity contribution in [3.8, 4) is 34.7 Å². The van der Waals surface area contributed by atoms with Gasteiger partial charge in [-0.25, -0.2) is 49.8 Å². The Kier molecular flexibility index (Phi) is 33.9. The minimum Gasteiger partial charge on any atom is -0.423 e. The second-order valence-electron chi connectivity index (χ2n) is 27.6. The van der Waals surface area contributed by atoms with Gasteiger partial charge in [0, 0.05) is 95.0 Å². The van der Waals surface area contributed by atoms with Gasteiger partial charge in [-0.05, 0) is 221 Å². The summed E-state index contributed by atoms with van der Waals surface area (Å²) in [6.45, 7) is 0.173. The summed E-state index contributed by atoms with van der Waals surface area (Å²) in [5.41, 5.74) is 12.2. The molecule has 0 fully saturated rings. The largest absolute Gasteiger partial charge is 0.488 e. The van der Waals surface area contributed by atoms with Crippen LogP contribution in [0, 0.1) is 0 Å². The monoisotopic (exact) mass is 2230 g/mol. The number of fused-ring (bicyclic) bond motifs is 18. The van der Waals surface area contributed by atoms with E-state index < -0.39 is 7.12 Å². The van der Waals surface area contributed by atoms with E-state index in [4.69, 9.17) is 59.9 Å². The van der Waals surface area contributed by atoms with Crippen molar-refractivity contribution in [1.29, 1.82) is 0 Å². The number of aromatic nitrogens is 14. The van der Waals surface area contributed by atoms with Crippen molar-refractivity contribution >= 4 is 393 Å². The maximum Gasteiger partial charge on any atom is 0.488 e. The molecule has 0 aliphatic rings. The van der Waals surface area contributed by atoms with E-state index in [-0.39, 0.29) is 90.8 Å². The molecular formula is C78H79BBrN14O2P29. The highest BCUT2D eigenvalue weighted by molar-refractivity contribution is 9.43. The van der Waals surface area contributed by atoms with Crippen LogP contribution in [0.3, 0.4) is 0 Å². The molecule has 20 aromatic rings. The predicted molar refractivity (Wildman–Crippen MR) is 632 cm³/mol. The summed E-state index contributed by atoms with van der Waals surface area (Å²) in [4.78, 5) is 49.9. The molecule has 2 N–H and O–H groups in total. The van der Waals surface area contributed by atoms with E-state index in [9.17, 15) is 0 Å². The topological polar surface area (TPSA) is 189 Å². The van der Waals surface area contributed by atoms with Crippen LogP contribution in [-0.2, 0) is 0 Å². The Bertz CT molecular complexity index is 7130. The summed E-state index contributed by atoms with van der Waals surface area (Å²) in [6.07, 6.45) is 7.31. The van der Waals surface area contributed by atoms with Crippen LogP contribution in [0.4, 0.5) is 0 Å². The molecule has 628 valence electrons. The molecule has 0 saturated heterocycles. The van der Waals surface area contributed by atoms with Gasteiger partial charge in [0.05, 0.1) is 33.1 Å². The average Bonchev–Trinajstić information content (AvgIpc) is 1.57.